The van der Waals surface area contributed by atoms with E-state index in [0.717, 1.165) is 31.1 Å². The Morgan fingerprint density at radius 3 is 2.86 bits per heavy atom. The molecule has 0 bridgehead atoms. The van der Waals surface area contributed by atoms with Crippen LogP contribution < -0.4 is 16.4 Å². The first-order valence-corrected chi connectivity index (χ1v) is 6.08. The van der Waals surface area contributed by atoms with E-state index < -0.39 is 0 Å². The Bertz CT molecular complexity index is 166. The molecule has 0 radical (unpaired) electrons. The van der Waals surface area contributed by atoms with E-state index >= 15 is 0 Å². The molecule has 0 aromatic heterocycles. The Kier molecular flexibility index (Phi) is 3.79. The number of hydrogen-bond acceptors (Lipinski definition) is 3. The normalized spacial score (nSPS) is 37.9. The zero-order chi connectivity index (χ0) is 9.80. The van der Waals surface area contributed by atoms with Crippen LogP contribution >= 0.6 is 0 Å². The number of rotatable bonds is 4. The zero-order valence-corrected chi connectivity index (χ0v) is 8.97. The third-order valence-corrected chi connectivity index (χ3v) is 3.74. The molecule has 2 aliphatic rings. The van der Waals surface area contributed by atoms with E-state index in [4.69, 9.17) is 5.73 Å². The first-order valence-electron chi connectivity index (χ1n) is 6.08. The largest absolute Gasteiger partial charge is 0.329 e. The molecule has 1 aliphatic heterocycles. The fourth-order valence-corrected chi connectivity index (χ4v) is 3.07. The van der Waals surface area contributed by atoms with Crippen LogP contribution in [0.15, 0.2) is 0 Å². The molecule has 1 heterocycles. The van der Waals surface area contributed by atoms with Crippen LogP contribution in [0.5, 0.6) is 0 Å². The van der Waals surface area contributed by atoms with Crippen molar-refractivity contribution in [2.45, 2.75) is 44.2 Å². The summed E-state index contributed by atoms with van der Waals surface area (Å²) in [5.74, 6) is 0.865. The molecular weight excluding hydrogens is 174 g/mol. The van der Waals surface area contributed by atoms with E-state index in [2.05, 4.69) is 10.6 Å². The number of hydrogen-bond donors (Lipinski definition) is 3. The van der Waals surface area contributed by atoms with Crippen LogP contribution in [0.25, 0.3) is 0 Å². The van der Waals surface area contributed by atoms with E-state index in [0.29, 0.717) is 0 Å². The van der Waals surface area contributed by atoms with Gasteiger partial charge in [0.2, 0.25) is 0 Å². The fourth-order valence-electron chi connectivity index (χ4n) is 3.07. The first kappa shape index (κ1) is 10.4. The monoisotopic (exact) mass is 197 g/mol. The van der Waals surface area contributed by atoms with Gasteiger partial charge in [0.15, 0.2) is 0 Å². The van der Waals surface area contributed by atoms with Gasteiger partial charge in [0, 0.05) is 25.2 Å². The second kappa shape index (κ2) is 5.10. The molecule has 3 unspecified atom stereocenters. The van der Waals surface area contributed by atoms with Crippen LogP contribution in [0.1, 0.15) is 32.1 Å². The summed E-state index contributed by atoms with van der Waals surface area (Å²) < 4.78 is 0. The van der Waals surface area contributed by atoms with Crippen LogP contribution in [-0.2, 0) is 0 Å². The molecule has 0 amide bonds. The Labute approximate surface area is 86.8 Å². The summed E-state index contributed by atoms with van der Waals surface area (Å²) in [5, 5.41) is 7.23. The van der Waals surface area contributed by atoms with Gasteiger partial charge in [0.1, 0.15) is 0 Å². The van der Waals surface area contributed by atoms with Crippen molar-refractivity contribution in [1.29, 1.82) is 0 Å². The molecule has 1 saturated heterocycles. The van der Waals surface area contributed by atoms with Crippen molar-refractivity contribution in [3.8, 4) is 0 Å². The van der Waals surface area contributed by atoms with Crippen molar-refractivity contribution >= 4 is 0 Å². The maximum atomic E-state index is 5.53. The predicted octanol–water partition coefficient (Wildman–Crippen LogP) is 0.455. The molecule has 14 heavy (non-hydrogen) atoms. The Morgan fingerprint density at radius 1 is 1.21 bits per heavy atom. The maximum absolute atomic E-state index is 5.53. The molecule has 3 atom stereocenters. The third-order valence-electron chi connectivity index (χ3n) is 3.74. The van der Waals surface area contributed by atoms with Crippen molar-refractivity contribution in [1.82, 2.24) is 10.6 Å². The van der Waals surface area contributed by atoms with Crippen molar-refractivity contribution in [3.05, 3.63) is 0 Å². The zero-order valence-electron chi connectivity index (χ0n) is 8.97. The lowest BCUT2D eigenvalue weighted by molar-refractivity contribution is 0.323. The van der Waals surface area contributed by atoms with E-state index in [9.17, 15) is 0 Å². The Morgan fingerprint density at radius 2 is 2.14 bits per heavy atom. The van der Waals surface area contributed by atoms with Gasteiger partial charge in [-0.25, -0.2) is 0 Å². The average Bonchev–Trinajstić information content (AvgIpc) is 2.84. The van der Waals surface area contributed by atoms with Gasteiger partial charge < -0.3 is 16.4 Å². The van der Waals surface area contributed by atoms with Gasteiger partial charge in [-0.2, -0.15) is 0 Å². The minimum absolute atomic E-state index is 0.731. The third kappa shape index (κ3) is 2.27. The second-order valence-corrected chi connectivity index (χ2v) is 4.65. The van der Waals surface area contributed by atoms with Crippen molar-refractivity contribution in [3.63, 3.8) is 0 Å². The van der Waals surface area contributed by atoms with Crippen LogP contribution in [0.3, 0.4) is 0 Å². The molecule has 2 fully saturated rings. The predicted molar refractivity (Wildman–Crippen MR) is 59.2 cm³/mol. The smallest absolute Gasteiger partial charge is 0.0111 e. The Balaban J connectivity index is 1.82. The molecule has 0 aromatic carbocycles. The molecule has 3 nitrogen and oxygen atoms in total. The summed E-state index contributed by atoms with van der Waals surface area (Å²) in [6.07, 6.45) is 6.89. The van der Waals surface area contributed by atoms with Crippen LogP contribution in [0.2, 0.25) is 0 Å². The summed E-state index contributed by atoms with van der Waals surface area (Å²) in [6.45, 7) is 2.97. The van der Waals surface area contributed by atoms with Gasteiger partial charge in [0.05, 0.1) is 0 Å². The second-order valence-electron chi connectivity index (χ2n) is 4.65. The highest BCUT2D eigenvalue weighted by Crippen LogP contribution is 2.31. The quantitative estimate of drug-likeness (QED) is 0.613. The summed E-state index contributed by atoms with van der Waals surface area (Å²) in [5.41, 5.74) is 5.53. The highest BCUT2D eigenvalue weighted by molar-refractivity contribution is 4.93. The summed E-state index contributed by atoms with van der Waals surface area (Å²) in [6, 6.07) is 1.52. The van der Waals surface area contributed by atoms with E-state index in [-0.39, 0.29) is 0 Å². The van der Waals surface area contributed by atoms with Crippen LogP contribution in [-0.4, -0.2) is 31.7 Å². The molecule has 4 N–H and O–H groups in total. The summed E-state index contributed by atoms with van der Waals surface area (Å²) in [4.78, 5) is 0. The summed E-state index contributed by atoms with van der Waals surface area (Å²) in [7, 11) is 0. The fraction of sp³-hybridized carbons (Fsp3) is 1.00. The molecule has 3 heteroatoms. The van der Waals surface area contributed by atoms with Crippen molar-refractivity contribution in [2.24, 2.45) is 11.7 Å². The highest BCUT2D eigenvalue weighted by Gasteiger charge is 2.34. The number of nitrogens with one attached hydrogen (secondary N) is 2. The van der Waals surface area contributed by atoms with Crippen molar-refractivity contribution < 1.29 is 0 Å². The molecule has 1 saturated carbocycles. The van der Waals surface area contributed by atoms with Gasteiger partial charge >= 0.3 is 0 Å². The number of nitrogens with two attached hydrogens (primary N) is 1. The van der Waals surface area contributed by atoms with Gasteiger partial charge in [-0.05, 0) is 38.1 Å². The Hall–Kier alpha value is -0.120. The molecule has 82 valence electrons. The molecule has 0 aromatic rings. The lowest BCUT2D eigenvalue weighted by Crippen LogP contribution is -2.43. The topological polar surface area (TPSA) is 50.1 Å². The lowest BCUT2D eigenvalue weighted by Gasteiger charge is -2.26. The minimum Gasteiger partial charge on any atom is -0.329 e. The van der Waals surface area contributed by atoms with Gasteiger partial charge in [-0.1, -0.05) is 6.42 Å². The van der Waals surface area contributed by atoms with Gasteiger partial charge in [-0.15, -0.1) is 0 Å². The highest BCUT2D eigenvalue weighted by atomic mass is 15.0. The molecule has 0 spiro atoms. The molecule has 2 rings (SSSR count). The first-order chi connectivity index (χ1) is 6.92. The molecule has 1 aliphatic carbocycles. The van der Waals surface area contributed by atoms with Gasteiger partial charge in [-0.3, -0.25) is 0 Å². The van der Waals surface area contributed by atoms with Crippen LogP contribution in [0, 0.1) is 5.92 Å². The SMILES string of the molecule is NCCNC1CCCC1C1CCCN1. The average molecular weight is 197 g/mol. The van der Waals surface area contributed by atoms with E-state index in [1.807, 2.05) is 0 Å². The maximum Gasteiger partial charge on any atom is 0.0111 e. The lowest BCUT2D eigenvalue weighted by atomic mass is 9.93. The minimum atomic E-state index is 0.731. The van der Waals surface area contributed by atoms with Crippen LogP contribution in [0.4, 0.5) is 0 Å². The van der Waals surface area contributed by atoms with Gasteiger partial charge in [0.25, 0.3) is 0 Å². The van der Waals surface area contributed by atoms with Crippen molar-refractivity contribution in [2.75, 3.05) is 19.6 Å². The summed E-state index contributed by atoms with van der Waals surface area (Å²) >= 11 is 0. The molecular formula is C11H23N3. The van der Waals surface area contributed by atoms with E-state index in [1.54, 1.807) is 0 Å². The standard InChI is InChI=1S/C11H23N3/c12-6-8-14-10-4-1-3-9(10)11-5-2-7-13-11/h9-11,13-14H,1-8,12H2. The van der Waals surface area contributed by atoms with E-state index in [1.165, 1.54) is 38.6 Å².